The third-order valence-corrected chi connectivity index (χ3v) is 19.6. The second-order valence-electron chi connectivity index (χ2n) is 26.3. The van der Waals surface area contributed by atoms with Crippen molar-refractivity contribution in [3.05, 3.63) is 110 Å². The smallest absolute Gasteiger partial charge is 0.343 e. The number of carbonyl (C=O) groups excluding carboxylic acids is 13. The van der Waals surface area contributed by atoms with Gasteiger partial charge >= 0.3 is 5.97 Å². The molecular formula is C67H76FN13O20. The molecule has 4 aliphatic heterocycles. The Morgan fingerprint density at radius 2 is 1.44 bits per heavy atom. The Labute approximate surface area is 573 Å². The van der Waals surface area contributed by atoms with Gasteiger partial charge in [0.1, 0.15) is 56.1 Å². The molecule has 33 nitrogen and oxygen atoms in total. The Hall–Kier alpha value is -10.4. The van der Waals surface area contributed by atoms with Crippen LogP contribution >= 0.6 is 0 Å². The molecule has 2 aromatic carbocycles. The molecule has 12 rings (SSSR count). The zero-order valence-corrected chi connectivity index (χ0v) is 55.0. The van der Waals surface area contributed by atoms with E-state index in [0.717, 1.165) is 17.7 Å². The van der Waals surface area contributed by atoms with Crippen LogP contribution in [-0.2, 0) is 108 Å². The first-order chi connectivity index (χ1) is 48.1. The number of nitrogens with one attached hydrogen (secondary N) is 9. The summed E-state index contributed by atoms with van der Waals surface area (Å²) < 4.78 is 33.9. The predicted molar refractivity (Wildman–Crippen MR) is 345 cm³/mol. The number of nitrogens with zero attached hydrogens (tertiary/aromatic N) is 3. The number of cyclic esters (lactones) is 1. The molecule has 12 amide bonds. The maximum atomic E-state index is 15.6. The molecule has 8 atom stereocenters. The number of hydrogen-bond donors (Lipinski definition) is 13. The third kappa shape index (κ3) is 15.1. The Balaban J connectivity index is 0.637. The number of aryl methyl sites for hydroxylation is 1. The minimum atomic E-state index is -2.06. The summed E-state index contributed by atoms with van der Waals surface area (Å²) in [4.78, 5) is 187. The van der Waals surface area contributed by atoms with Gasteiger partial charge in [-0.2, -0.15) is 0 Å². The topological polar surface area (TPSA) is 483 Å². The number of amides is 12. The van der Waals surface area contributed by atoms with E-state index in [1.165, 1.54) is 10.6 Å². The van der Waals surface area contributed by atoms with Crippen molar-refractivity contribution in [3.63, 3.8) is 0 Å². The quantitative estimate of drug-likeness (QED) is 0.0118. The van der Waals surface area contributed by atoms with E-state index in [-0.39, 0.29) is 69.3 Å². The summed E-state index contributed by atoms with van der Waals surface area (Å²) in [6.07, 6.45) is -3.18. The molecule has 3 saturated carbocycles. The first-order valence-corrected chi connectivity index (χ1v) is 32.9. The largest absolute Gasteiger partial charge is 0.458 e. The molecule has 4 aromatic rings. The molecule has 2 bridgehead atoms. The van der Waals surface area contributed by atoms with E-state index in [1.807, 2.05) is 0 Å². The zero-order chi connectivity index (χ0) is 72.4. The van der Waals surface area contributed by atoms with E-state index < -0.39 is 187 Å². The van der Waals surface area contributed by atoms with Gasteiger partial charge in [-0.1, -0.05) is 37.3 Å². The van der Waals surface area contributed by atoms with Crippen LogP contribution in [0.3, 0.4) is 0 Å². The second kappa shape index (κ2) is 29.4. The van der Waals surface area contributed by atoms with Crippen molar-refractivity contribution in [2.75, 3.05) is 46.0 Å². The Kier molecular flexibility index (Phi) is 20.9. The van der Waals surface area contributed by atoms with Gasteiger partial charge in [-0.05, 0) is 80.2 Å². The summed E-state index contributed by atoms with van der Waals surface area (Å²) >= 11 is 0. The van der Waals surface area contributed by atoms with Crippen molar-refractivity contribution < 1.29 is 96.2 Å². The van der Waals surface area contributed by atoms with E-state index in [9.17, 15) is 82.4 Å². The van der Waals surface area contributed by atoms with Gasteiger partial charge in [0.25, 0.3) is 17.4 Å². The number of ether oxygens (including phenoxy) is 3. The summed E-state index contributed by atoms with van der Waals surface area (Å²) in [6.45, 7) is -0.529. The third-order valence-electron chi connectivity index (χ3n) is 19.6. The highest BCUT2D eigenvalue weighted by Crippen LogP contribution is 2.69. The van der Waals surface area contributed by atoms with Crippen LogP contribution in [-0.4, -0.2) is 195 Å². The molecule has 4 aliphatic carbocycles. The van der Waals surface area contributed by atoms with Gasteiger partial charge in [-0.25, -0.2) is 14.2 Å². The first kappa shape index (κ1) is 71.9. The molecule has 4 fully saturated rings. The molecule has 536 valence electrons. The SMILES string of the molecule is CC[C@@]1(O)C(=O)OCc2c1cc1n(c2=O)Cc2c-1nc1cc(F)c(C)c3c1c2[C@@H](NC(=O)C12CC(OCNC(=O)CNC(=O)[C@H](Cc4ccccc4)NC(=O)CNC(=O)CNC(=O)[C@H](CCC(=O)NC[C@H]4O[C@@H](CC(N)=O)[C@H](O)[C@@H]4O)NC(=O)CCNC(=O)CN4C(=O)C=CC4=O)(C1)C2)CC3. The highest BCUT2D eigenvalue weighted by atomic mass is 19.1. The molecule has 0 spiro atoms. The number of primary amides is 1. The van der Waals surface area contributed by atoms with E-state index in [4.69, 9.17) is 24.9 Å². The lowest BCUT2D eigenvalue weighted by Crippen LogP contribution is -2.73. The van der Waals surface area contributed by atoms with E-state index >= 15 is 4.39 Å². The average Bonchev–Trinajstić information content (AvgIpc) is 1.09. The molecule has 1 saturated heterocycles. The number of esters is 1. The van der Waals surface area contributed by atoms with Gasteiger partial charge in [0.2, 0.25) is 59.1 Å². The van der Waals surface area contributed by atoms with E-state index in [2.05, 4.69) is 47.9 Å². The lowest BCUT2D eigenvalue weighted by Gasteiger charge is -2.68. The molecule has 34 heteroatoms. The Bertz CT molecular complexity index is 4180. The summed E-state index contributed by atoms with van der Waals surface area (Å²) in [5.74, 6) is -10.2. The van der Waals surface area contributed by atoms with Crippen molar-refractivity contribution in [2.24, 2.45) is 11.1 Å². The molecule has 2 aromatic heterocycles. The van der Waals surface area contributed by atoms with Gasteiger partial charge in [0.05, 0.1) is 78.2 Å². The number of halogens is 1. The van der Waals surface area contributed by atoms with Gasteiger partial charge in [0, 0.05) is 67.1 Å². The van der Waals surface area contributed by atoms with Crippen molar-refractivity contribution in [1.29, 1.82) is 0 Å². The fourth-order valence-corrected chi connectivity index (χ4v) is 14.1. The first-order valence-electron chi connectivity index (χ1n) is 32.9. The number of aliphatic hydroxyl groups is 3. The van der Waals surface area contributed by atoms with Crippen LogP contribution in [0.25, 0.3) is 22.3 Å². The van der Waals surface area contributed by atoms with Crippen LogP contribution in [0.5, 0.6) is 0 Å². The molecule has 14 N–H and O–H groups in total. The van der Waals surface area contributed by atoms with Crippen LogP contribution in [0.2, 0.25) is 0 Å². The van der Waals surface area contributed by atoms with Gasteiger partial charge in [-0.15, -0.1) is 0 Å². The van der Waals surface area contributed by atoms with Crippen LogP contribution in [0.1, 0.15) is 110 Å². The van der Waals surface area contributed by atoms with Crippen LogP contribution < -0.4 is 59.1 Å². The highest BCUT2D eigenvalue weighted by molar-refractivity contribution is 6.14. The summed E-state index contributed by atoms with van der Waals surface area (Å²) in [7, 11) is 0. The number of hydrogen-bond acceptors (Lipinski definition) is 21. The Morgan fingerprint density at radius 1 is 0.772 bits per heavy atom. The van der Waals surface area contributed by atoms with E-state index in [0.29, 0.717) is 81.5 Å². The maximum absolute atomic E-state index is 15.6. The minimum absolute atomic E-state index is 0.0527. The minimum Gasteiger partial charge on any atom is -0.458 e. The number of aromatic nitrogens is 2. The maximum Gasteiger partial charge on any atom is 0.343 e. The van der Waals surface area contributed by atoms with Crippen LogP contribution in [0, 0.1) is 18.2 Å². The molecule has 0 radical (unpaired) electrons. The fraction of sp³-hybridized carbons (Fsp3) is 0.478. The van der Waals surface area contributed by atoms with Crippen molar-refractivity contribution in [1.82, 2.24) is 62.3 Å². The summed E-state index contributed by atoms with van der Waals surface area (Å²) in [5, 5.41) is 55.6. The number of aliphatic hydroxyl groups excluding tert-OH is 2. The standard InChI is InChI=1S/C67H76FN13O20/c1-3-67(98)37-18-43-57-35(25-80(43)62(95)36(37)27-99-64(67)97)56-39(10-9-34-32(2)38(68)19-41(78-57)55(34)56)79-63(96)65-28-66(29-65,30-65)100-31-75-50(86)23-74-61(94)42(17-33-7-5-4-6-8-33)77-51(87)24-72-49(85)22-73-60(93)40(76-48(84)15-16-70-52(88)26-81-53(89)13-14-54(81)90)11-12-47(83)71-21-45-59(92)58(91)44(101-45)20-46(69)82/h4-8,13-14,18-19,39-40,42,44-45,58-59,91-92,98H,3,9-12,15-17,20-31H2,1-2H3,(H2,69,82)(H,70,88)(H,71,83)(H,72,85)(H,73,93)(H,74,94)(H,75,86)(H,76,84)(H,77,87)(H,79,96)/t39-,40-,42-,44-,45+,58-,59+,65?,66?,67-/m0/s1. The number of benzene rings is 2. The number of carbonyl (C=O) groups is 13. The molecular weight excluding hydrogens is 1330 g/mol. The second-order valence-corrected chi connectivity index (χ2v) is 26.3. The molecule has 8 aliphatic rings. The van der Waals surface area contributed by atoms with Crippen LogP contribution in [0.4, 0.5) is 4.39 Å². The van der Waals surface area contributed by atoms with E-state index in [1.54, 1.807) is 50.2 Å². The number of rotatable bonds is 30. The molecule has 101 heavy (non-hydrogen) atoms. The van der Waals surface area contributed by atoms with Crippen molar-refractivity contribution >= 4 is 87.8 Å². The normalized spacial score (nSPS) is 23.7. The number of nitrogens with two attached hydrogens (primary N) is 1. The van der Waals surface area contributed by atoms with Gasteiger partial charge in [0.15, 0.2) is 5.60 Å². The zero-order valence-electron chi connectivity index (χ0n) is 55.0. The monoisotopic (exact) mass is 1400 g/mol. The number of fused-ring (bicyclic) bond motifs is 5. The van der Waals surface area contributed by atoms with Gasteiger partial charge in [-0.3, -0.25) is 67.2 Å². The van der Waals surface area contributed by atoms with Crippen molar-refractivity contribution in [3.8, 4) is 11.4 Å². The molecule has 6 heterocycles. The summed E-state index contributed by atoms with van der Waals surface area (Å²) in [5.41, 5.74) is 5.67. The number of pyridine rings is 2. The fourth-order valence-electron chi connectivity index (χ4n) is 14.1. The number of imide groups is 1. The Morgan fingerprint density at radius 3 is 2.13 bits per heavy atom. The predicted octanol–water partition coefficient (Wildman–Crippen LogP) is -4.10. The lowest BCUT2D eigenvalue weighted by molar-refractivity contribution is -0.276. The van der Waals surface area contributed by atoms with Crippen molar-refractivity contribution in [2.45, 2.75) is 151 Å². The highest BCUT2D eigenvalue weighted by Gasteiger charge is 2.73. The lowest BCUT2D eigenvalue weighted by atomic mass is 9.40. The average molecular weight is 1400 g/mol. The summed E-state index contributed by atoms with van der Waals surface area (Å²) in [6, 6.07) is 8.13. The molecule has 0 unspecified atom stereocenters. The van der Waals surface area contributed by atoms with Crippen LogP contribution in [0.15, 0.2) is 59.4 Å². The van der Waals surface area contributed by atoms with Gasteiger partial charge < -0.3 is 87.7 Å².